The number of ether oxygens (including phenoxy) is 2. The number of aromatic nitrogens is 2. The van der Waals surface area contributed by atoms with Crippen molar-refractivity contribution in [2.24, 2.45) is 11.7 Å². The fourth-order valence-electron chi connectivity index (χ4n) is 5.87. The second kappa shape index (κ2) is 12.0. The van der Waals surface area contributed by atoms with Crippen molar-refractivity contribution in [2.75, 3.05) is 47.0 Å². The molecule has 0 bridgehead atoms. The van der Waals surface area contributed by atoms with Crippen LogP contribution in [0.4, 0.5) is 0 Å². The number of hydrogen-bond donors (Lipinski definition) is 1. The summed E-state index contributed by atoms with van der Waals surface area (Å²) in [5.74, 6) is 0.484. The number of fused-ring (bicyclic) bond motifs is 1. The Morgan fingerprint density at radius 2 is 1.95 bits per heavy atom. The van der Waals surface area contributed by atoms with Crippen molar-refractivity contribution >= 4 is 38.6 Å². The van der Waals surface area contributed by atoms with Crippen molar-refractivity contribution in [3.63, 3.8) is 0 Å². The van der Waals surface area contributed by atoms with Crippen molar-refractivity contribution in [1.82, 2.24) is 18.8 Å². The van der Waals surface area contributed by atoms with Crippen molar-refractivity contribution in [3.8, 4) is 5.75 Å². The summed E-state index contributed by atoms with van der Waals surface area (Å²) in [6.07, 6.45) is 2.61. The van der Waals surface area contributed by atoms with Gasteiger partial charge in [0.15, 0.2) is 0 Å². The van der Waals surface area contributed by atoms with Gasteiger partial charge in [-0.25, -0.2) is 13.4 Å². The van der Waals surface area contributed by atoms with Crippen LogP contribution in [-0.4, -0.2) is 86.1 Å². The zero-order chi connectivity index (χ0) is 28.4. The number of hydrogen-bond acceptors (Lipinski definition) is 7. The Labute approximate surface area is 240 Å². The number of carbonyl (C=O) groups is 1. The minimum atomic E-state index is -3.97. The van der Waals surface area contributed by atoms with Gasteiger partial charge in [0.2, 0.25) is 15.9 Å². The van der Waals surface area contributed by atoms with Crippen LogP contribution in [0.3, 0.4) is 0 Å². The summed E-state index contributed by atoms with van der Waals surface area (Å²) >= 11 is 6.10. The highest BCUT2D eigenvalue weighted by Crippen LogP contribution is 2.34. The van der Waals surface area contributed by atoms with E-state index < -0.39 is 22.0 Å². The van der Waals surface area contributed by atoms with Crippen LogP contribution in [0.15, 0.2) is 47.4 Å². The summed E-state index contributed by atoms with van der Waals surface area (Å²) in [5, 5.41) is 0.281. The van der Waals surface area contributed by atoms with Crippen molar-refractivity contribution in [3.05, 3.63) is 53.3 Å². The summed E-state index contributed by atoms with van der Waals surface area (Å²) in [6, 6.07) is 11.9. The van der Waals surface area contributed by atoms with Gasteiger partial charge >= 0.3 is 0 Å². The first-order valence-electron chi connectivity index (χ1n) is 13.6. The Balaban J connectivity index is 1.34. The number of nitrogens with zero attached hydrogens (tertiary/aromatic N) is 4. The van der Waals surface area contributed by atoms with Crippen LogP contribution < -0.4 is 10.5 Å². The quantitative estimate of drug-likeness (QED) is 0.381. The molecule has 2 aliphatic heterocycles. The Hall–Kier alpha value is -2.70. The molecular formula is C28H36ClN5O5S. The SMILES string of the molecule is COCCCn1c([C@@H]2CCCN(C(=O)[C@@H]3CN(S(=O)(=O)c4cc(Cl)ccc4OC)C[C@H]3N)C2)nc2ccccc21. The maximum atomic E-state index is 13.8. The minimum absolute atomic E-state index is 0.00863. The summed E-state index contributed by atoms with van der Waals surface area (Å²) in [7, 11) is -0.867. The molecule has 2 aliphatic rings. The molecule has 0 radical (unpaired) electrons. The molecule has 1 amide bonds. The highest BCUT2D eigenvalue weighted by molar-refractivity contribution is 7.89. The average molecular weight is 590 g/mol. The first-order valence-corrected chi connectivity index (χ1v) is 15.4. The van der Waals surface area contributed by atoms with Crippen LogP contribution in [0.1, 0.15) is 31.0 Å². The molecule has 0 aliphatic carbocycles. The molecule has 3 atom stereocenters. The number of rotatable bonds is 9. The highest BCUT2D eigenvalue weighted by atomic mass is 35.5. The molecule has 10 nitrogen and oxygen atoms in total. The molecule has 216 valence electrons. The van der Waals surface area contributed by atoms with Crippen molar-refractivity contribution < 1.29 is 22.7 Å². The third kappa shape index (κ3) is 5.58. The van der Waals surface area contributed by atoms with E-state index in [1.54, 1.807) is 13.2 Å². The molecule has 12 heteroatoms. The van der Waals surface area contributed by atoms with E-state index in [0.29, 0.717) is 19.7 Å². The third-order valence-electron chi connectivity index (χ3n) is 7.90. The van der Waals surface area contributed by atoms with Crippen LogP contribution >= 0.6 is 11.6 Å². The lowest BCUT2D eigenvalue weighted by Crippen LogP contribution is -2.47. The summed E-state index contributed by atoms with van der Waals surface area (Å²) in [5.41, 5.74) is 8.42. The normalized spacial score (nSPS) is 22.2. The smallest absolute Gasteiger partial charge is 0.246 e. The molecule has 2 aromatic carbocycles. The number of nitrogens with two attached hydrogens (primary N) is 1. The molecule has 2 saturated heterocycles. The van der Waals surface area contributed by atoms with Gasteiger partial charge in [-0.1, -0.05) is 23.7 Å². The lowest BCUT2D eigenvalue weighted by molar-refractivity contribution is -0.136. The zero-order valence-electron chi connectivity index (χ0n) is 22.8. The summed E-state index contributed by atoms with van der Waals surface area (Å²) in [4.78, 5) is 20.6. The van der Waals surface area contributed by atoms with Gasteiger partial charge in [0.1, 0.15) is 16.5 Å². The van der Waals surface area contributed by atoms with E-state index in [-0.39, 0.29) is 40.6 Å². The third-order valence-corrected chi connectivity index (χ3v) is 9.99. The largest absolute Gasteiger partial charge is 0.495 e. The summed E-state index contributed by atoms with van der Waals surface area (Å²) in [6.45, 7) is 2.61. The number of benzene rings is 2. The van der Waals surface area contributed by atoms with E-state index in [0.717, 1.165) is 42.7 Å². The van der Waals surface area contributed by atoms with Crippen LogP contribution in [-0.2, 0) is 26.1 Å². The van der Waals surface area contributed by atoms with Crippen molar-refractivity contribution in [1.29, 1.82) is 0 Å². The fraction of sp³-hybridized carbons (Fsp3) is 0.500. The van der Waals surface area contributed by atoms with E-state index in [1.807, 2.05) is 23.1 Å². The van der Waals surface area contributed by atoms with E-state index in [2.05, 4.69) is 10.6 Å². The summed E-state index contributed by atoms with van der Waals surface area (Å²) < 4.78 is 41.1. The van der Waals surface area contributed by atoms with Gasteiger partial charge in [-0.15, -0.1) is 0 Å². The Bertz CT molecular complexity index is 1480. The second-order valence-electron chi connectivity index (χ2n) is 10.5. The Morgan fingerprint density at radius 3 is 2.73 bits per heavy atom. The molecule has 40 heavy (non-hydrogen) atoms. The Morgan fingerprint density at radius 1 is 1.15 bits per heavy atom. The van der Waals surface area contributed by atoms with Gasteiger partial charge in [-0.05, 0) is 49.6 Å². The molecule has 3 aromatic rings. The molecule has 0 unspecified atom stereocenters. The van der Waals surface area contributed by atoms with Gasteiger partial charge in [-0.3, -0.25) is 4.79 Å². The maximum absolute atomic E-state index is 13.8. The average Bonchev–Trinajstić information content (AvgIpc) is 3.54. The lowest BCUT2D eigenvalue weighted by atomic mass is 9.94. The highest BCUT2D eigenvalue weighted by Gasteiger charge is 2.44. The Kier molecular flexibility index (Phi) is 8.67. The lowest BCUT2D eigenvalue weighted by Gasteiger charge is -2.35. The molecule has 0 saturated carbocycles. The van der Waals surface area contributed by atoms with Gasteiger partial charge in [0, 0.05) is 63.4 Å². The fourth-order valence-corrected chi connectivity index (χ4v) is 7.79. The number of imidazole rings is 1. The molecule has 0 spiro atoms. The minimum Gasteiger partial charge on any atom is -0.495 e. The second-order valence-corrected chi connectivity index (χ2v) is 12.8. The predicted molar refractivity (Wildman–Crippen MR) is 153 cm³/mol. The van der Waals surface area contributed by atoms with E-state index in [9.17, 15) is 13.2 Å². The van der Waals surface area contributed by atoms with E-state index in [4.69, 9.17) is 31.8 Å². The standard InChI is InChI=1S/C28H36ClN5O5S/c1-38-14-6-13-34-24-9-4-3-8-23(24)31-27(34)19-7-5-12-32(16-19)28(35)21-17-33(18-22(21)30)40(36,37)26-15-20(29)10-11-25(26)39-2/h3-4,8-11,15,19,21-22H,5-7,12-14,16-18,30H2,1-2H3/t19-,21-,22-/m1/s1. The van der Waals surface area contributed by atoms with Crippen molar-refractivity contribution in [2.45, 2.75) is 42.7 Å². The van der Waals surface area contributed by atoms with Crippen LogP contribution in [0, 0.1) is 5.92 Å². The number of sulfonamides is 1. The number of amides is 1. The first-order chi connectivity index (χ1) is 19.2. The maximum Gasteiger partial charge on any atom is 0.246 e. The van der Waals surface area contributed by atoms with E-state index in [1.165, 1.54) is 23.5 Å². The molecule has 3 heterocycles. The van der Waals surface area contributed by atoms with Gasteiger partial charge < -0.3 is 24.7 Å². The number of carbonyl (C=O) groups excluding carboxylic acids is 1. The van der Waals surface area contributed by atoms with Gasteiger partial charge in [0.25, 0.3) is 0 Å². The number of para-hydroxylation sites is 2. The number of piperidine rings is 1. The van der Waals surface area contributed by atoms with Crippen LogP contribution in [0.25, 0.3) is 11.0 Å². The number of likely N-dealkylation sites (tertiary alicyclic amines) is 1. The molecule has 1 aromatic heterocycles. The predicted octanol–water partition coefficient (Wildman–Crippen LogP) is 3.09. The number of methoxy groups -OCH3 is 2. The monoisotopic (exact) mass is 589 g/mol. The van der Waals surface area contributed by atoms with Crippen LogP contribution in [0.5, 0.6) is 5.75 Å². The topological polar surface area (TPSA) is 120 Å². The zero-order valence-corrected chi connectivity index (χ0v) is 24.4. The molecule has 2 N–H and O–H groups in total. The molecular weight excluding hydrogens is 554 g/mol. The number of aryl methyl sites for hydroxylation is 1. The van der Waals surface area contributed by atoms with Crippen LogP contribution in [0.2, 0.25) is 5.02 Å². The van der Waals surface area contributed by atoms with E-state index >= 15 is 0 Å². The molecule has 2 fully saturated rings. The molecule has 5 rings (SSSR count). The first kappa shape index (κ1) is 28.8. The number of halogens is 1. The van der Waals surface area contributed by atoms with Gasteiger partial charge in [-0.2, -0.15) is 4.31 Å². The van der Waals surface area contributed by atoms with Gasteiger partial charge in [0.05, 0.1) is 24.1 Å².